The Bertz CT molecular complexity index is 958. The predicted molar refractivity (Wildman–Crippen MR) is 133 cm³/mol. The van der Waals surface area contributed by atoms with Crippen LogP contribution in [0.4, 0.5) is 10.5 Å². The predicted octanol–water partition coefficient (Wildman–Crippen LogP) is 4.36. The van der Waals surface area contributed by atoms with Gasteiger partial charge < -0.3 is 25.0 Å². The zero-order chi connectivity index (χ0) is 24.3. The van der Waals surface area contributed by atoms with Crippen molar-refractivity contribution in [3.63, 3.8) is 0 Å². The maximum Gasteiger partial charge on any atom is 0.321 e. The standard InChI is InChI=1S/C26H36N4O4/c1-4-17-33-18-14-27-25(31)21-11-10-19(3)28-24(21)20-12-15-30(16-13-20)26(32)29-22-8-6-7-9-23(22)34-5-2/h6-11,20H,4-5,12-18H2,1-3H3,(H,27,31)(H,29,32). The van der Waals surface area contributed by atoms with Crippen LogP contribution in [0, 0.1) is 6.92 Å². The summed E-state index contributed by atoms with van der Waals surface area (Å²) >= 11 is 0. The van der Waals surface area contributed by atoms with E-state index in [2.05, 4.69) is 17.6 Å². The van der Waals surface area contributed by atoms with Crippen LogP contribution in [0.5, 0.6) is 5.75 Å². The number of benzene rings is 1. The summed E-state index contributed by atoms with van der Waals surface area (Å²) in [5.41, 5.74) is 2.97. The maximum absolute atomic E-state index is 12.9. The summed E-state index contributed by atoms with van der Waals surface area (Å²) in [6.45, 7) is 9.27. The molecule has 0 atom stereocenters. The van der Waals surface area contributed by atoms with E-state index in [1.807, 2.05) is 50.2 Å². The van der Waals surface area contributed by atoms with Gasteiger partial charge in [0.05, 0.1) is 30.2 Å². The molecule has 1 aliphatic heterocycles. The minimum absolute atomic E-state index is 0.122. The molecule has 0 spiro atoms. The molecule has 8 nitrogen and oxygen atoms in total. The smallest absolute Gasteiger partial charge is 0.321 e. The molecule has 3 rings (SSSR count). The van der Waals surface area contributed by atoms with Crippen molar-refractivity contribution >= 4 is 17.6 Å². The Morgan fingerprint density at radius 2 is 1.85 bits per heavy atom. The Morgan fingerprint density at radius 1 is 1.09 bits per heavy atom. The maximum atomic E-state index is 12.9. The molecular weight excluding hydrogens is 432 g/mol. The van der Waals surface area contributed by atoms with Gasteiger partial charge in [-0.05, 0) is 57.4 Å². The van der Waals surface area contributed by atoms with E-state index in [1.165, 1.54) is 0 Å². The van der Waals surface area contributed by atoms with Gasteiger partial charge in [-0.15, -0.1) is 0 Å². The molecule has 184 valence electrons. The van der Waals surface area contributed by atoms with Crippen molar-refractivity contribution in [1.29, 1.82) is 0 Å². The van der Waals surface area contributed by atoms with E-state index in [-0.39, 0.29) is 17.9 Å². The lowest BCUT2D eigenvalue weighted by molar-refractivity contribution is 0.0912. The SMILES string of the molecule is CCCOCCNC(=O)c1ccc(C)nc1C1CCN(C(=O)Nc2ccccc2OCC)CC1. The number of nitrogens with zero attached hydrogens (tertiary/aromatic N) is 2. The lowest BCUT2D eigenvalue weighted by atomic mass is 9.90. The molecule has 1 saturated heterocycles. The monoisotopic (exact) mass is 468 g/mol. The van der Waals surface area contributed by atoms with Crippen molar-refractivity contribution in [2.24, 2.45) is 0 Å². The molecule has 2 aromatic rings. The van der Waals surface area contributed by atoms with Crippen LogP contribution in [0.3, 0.4) is 0 Å². The summed E-state index contributed by atoms with van der Waals surface area (Å²) in [6, 6.07) is 11.0. The number of rotatable bonds is 10. The highest BCUT2D eigenvalue weighted by Crippen LogP contribution is 2.30. The topological polar surface area (TPSA) is 92.8 Å². The van der Waals surface area contributed by atoms with E-state index >= 15 is 0 Å². The first-order valence-electron chi connectivity index (χ1n) is 12.1. The van der Waals surface area contributed by atoms with E-state index in [0.29, 0.717) is 56.5 Å². The summed E-state index contributed by atoms with van der Waals surface area (Å²) in [6.07, 6.45) is 2.45. The normalized spacial score (nSPS) is 14.0. The second-order valence-electron chi connectivity index (χ2n) is 8.37. The zero-order valence-electron chi connectivity index (χ0n) is 20.4. The lowest BCUT2D eigenvalue weighted by Gasteiger charge is -2.32. The first kappa shape index (κ1) is 25.5. The van der Waals surface area contributed by atoms with Crippen LogP contribution in [0.25, 0.3) is 0 Å². The fraction of sp³-hybridized carbons (Fsp3) is 0.500. The van der Waals surface area contributed by atoms with E-state index in [1.54, 1.807) is 4.90 Å². The number of carbonyl (C=O) groups excluding carboxylic acids is 2. The molecular formula is C26H36N4O4. The molecule has 1 aromatic carbocycles. The van der Waals surface area contributed by atoms with E-state index in [0.717, 1.165) is 30.7 Å². The third kappa shape index (κ3) is 6.93. The Balaban J connectivity index is 1.60. The number of ether oxygens (including phenoxy) is 2. The number of para-hydroxylation sites is 2. The zero-order valence-corrected chi connectivity index (χ0v) is 20.4. The number of aromatic nitrogens is 1. The van der Waals surface area contributed by atoms with Gasteiger partial charge in [0.1, 0.15) is 5.75 Å². The number of pyridine rings is 1. The van der Waals surface area contributed by atoms with Gasteiger partial charge >= 0.3 is 6.03 Å². The molecule has 0 radical (unpaired) electrons. The number of carbonyl (C=O) groups is 2. The Hall–Kier alpha value is -3.13. The average molecular weight is 469 g/mol. The summed E-state index contributed by atoms with van der Waals surface area (Å²) in [4.78, 5) is 32.2. The number of hydrogen-bond donors (Lipinski definition) is 2. The van der Waals surface area contributed by atoms with Crippen LogP contribution >= 0.6 is 0 Å². The second kappa shape index (κ2) is 12.9. The van der Waals surface area contributed by atoms with Crippen molar-refractivity contribution in [2.45, 2.75) is 46.0 Å². The van der Waals surface area contributed by atoms with Crippen molar-refractivity contribution in [1.82, 2.24) is 15.2 Å². The number of urea groups is 1. The highest BCUT2D eigenvalue weighted by atomic mass is 16.5. The van der Waals surface area contributed by atoms with Gasteiger partial charge in [-0.25, -0.2) is 4.79 Å². The number of hydrogen-bond acceptors (Lipinski definition) is 5. The Labute approximate surface area is 202 Å². The van der Waals surface area contributed by atoms with Gasteiger partial charge in [0.25, 0.3) is 5.91 Å². The van der Waals surface area contributed by atoms with Crippen molar-refractivity contribution < 1.29 is 19.1 Å². The van der Waals surface area contributed by atoms with E-state index < -0.39 is 0 Å². The van der Waals surface area contributed by atoms with Gasteiger partial charge in [0.15, 0.2) is 0 Å². The third-order valence-electron chi connectivity index (χ3n) is 5.79. The van der Waals surface area contributed by atoms with Gasteiger partial charge in [-0.2, -0.15) is 0 Å². The van der Waals surface area contributed by atoms with E-state index in [4.69, 9.17) is 14.5 Å². The third-order valence-corrected chi connectivity index (χ3v) is 5.79. The van der Waals surface area contributed by atoms with Gasteiger partial charge in [-0.1, -0.05) is 19.1 Å². The number of anilines is 1. The van der Waals surface area contributed by atoms with Gasteiger partial charge in [0, 0.05) is 37.9 Å². The second-order valence-corrected chi connectivity index (χ2v) is 8.37. The molecule has 2 heterocycles. The minimum atomic E-state index is -0.146. The molecule has 0 unspecified atom stereocenters. The largest absolute Gasteiger partial charge is 0.492 e. The van der Waals surface area contributed by atoms with Crippen LogP contribution in [0.2, 0.25) is 0 Å². The lowest BCUT2D eigenvalue weighted by Crippen LogP contribution is -2.41. The van der Waals surface area contributed by atoms with Crippen LogP contribution in [0.15, 0.2) is 36.4 Å². The Morgan fingerprint density at radius 3 is 2.59 bits per heavy atom. The molecule has 1 aromatic heterocycles. The van der Waals surface area contributed by atoms with Crippen molar-refractivity contribution in [3.8, 4) is 5.75 Å². The number of likely N-dealkylation sites (tertiary alicyclic amines) is 1. The first-order valence-corrected chi connectivity index (χ1v) is 12.1. The fourth-order valence-corrected chi connectivity index (χ4v) is 4.06. The molecule has 1 fully saturated rings. The minimum Gasteiger partial charge on any atom is -0.492 e. The molecule has 0 bridgehead atoms. The average Bonchev–Trinajstić information content (AvgIpc) is 2.85. The first-order chi connectivity index (χ1) is 16.5. The van der Waals surface area contributed by atoms with Crippen molar-refractivity contribution in [2.75, 3.05) is 44.8 Å². The summed E-state index contributed by atoms with van der Waals surface area (Å²) in [5.74, 6) is 0.653. The van der Waals surface area contributed by atoms with E-state index in [9.17, 15) is 9.59 Å². The van der Waals surface area contributed by atoms with Crippen LogP contribution < -0.4 is 15.4 Å². The molecule has 3 amide bonds. The van der Waals surface area contributed by atoms with Crippen LogP contribution in [0.1, 0.15) is 60.8 Å². The number of piperidine rings is 1. The summed E-state index contributed by atoms with van der Waals surface area (Å²) in [7, 11) is 0. The molecule has 0 aliphatic carbocycles. The molecule has 0 saturated carbocycles. The van der Waals surface area contributed by atoms with Gasteiger partial charge in [-0.3, -0.25) is 9.78 Å². The quantitative estimate of drug-likeness (QED) is 0.506. The summed E-state index contributed by atoms with van der Waals surface area (Å²) in [5, 5.41) is 5.90. The molecule has 34 heavy (non-hydrogen) atoms. The molecule has 2 N–H and O–H groups in total. The Kier molecular flexibility index (Phi) is 9.70. The van der Waals surface area contributed by atoms with Gasteiger partial charge in [0.2, 0.25) is 0 Å². The van der Waals surface area contributed by atoms with Crippen molar-refractivity contribution in [3.05, 3.63) is 53.3 Å². The number of nitrogens with one attached hydrogen (secondary N) is 2. The molecule has 1 aliphatic rings. The highest BCUT2D eigenvalue weighted by molar-refractivity contribution is 5.95. The molecule has 8 heteroatoms. The van der Waals surface area contributed by atoms with Crippen LogP contribution in [-0.2, 0) is 4.74 Å². The number of amides is 3. The highest BCUT2D eigenvalue weighted by Gasteiger charge is 2.28. The fourth-order valence-electron chi connectivity index (χ4n) is 4.06. The van der Waals surface area contributed by atoms with Crippen LogP contribution in [-0.4, -0.2) is 61.3 Å². The summed E-state index contributed by atoms with van der Waals surface area (Å²) < 4.78 is 11.1. The number of aryl methyl sites for hydroxylation is 1.